The van der Waals surface area contributed by atoms with Crippen LogP contribution in [0.4, 0.5) is 0 Å². The maximum absolute atomic E-state index is 11.7. The largest absolute Gasteiger partial charge is 0.480 e. The molecule has 0 saturated heterocycles. The zero-order chi connectivity index (χ0) is 14.7. The molecule has 0 aliphatic rings. The van der Waals surface area contributed by atoms with Crippen LogP contribution in [0.15, 0.2) is 21.2 Å². The number of nitrogens with one attached hydrogen (secondary N) is 1. The second kappa shape index (κ2) is 5.87. The number of carboxylic acid groups (broad SMARTS) is 1. The van der Waals surface area contributed by atoms with Crippen LogP contribution in [0, 0.1) is 6.92 Å². The average Bonchev–Trinajstić information content (AvgIpc) is 2.99. The lowest BCUT2D eigenvalue weighted by molar-refractivity contribution is -0.141. The van der Waals surface area contributed by atoms with Gasteiger partial charge in [-0.05, 0) is 25.3 Å². The quantitative estimate of drug-likeness (QED) is 0.877. The van der Waals surface area contributed by atoms with Crippen LogP contribution >= 0.6 is 11.3 Å². The van der Waals surface area contributed by atoms with Crippen LogP contribution in [-0.4, -0.2) is 28.0 Å². The second-order valence-corrected chi connectivity index (χ2v) is 5.12. The van der Waals surface area contributed by atoms with Crippen LogP contribution in [0.25, 0.3) is 11.5 Å². The smallest absolute Gasteiger partial charge is 0.325 e. The lowest BCUT2D eigenvalue weighted by atomic mass is 10.2. The van der Waals surface area contributed by atoms with Crippen molar-refractivity contribution in [3.05, 3.63) is 28.3 Å². The van der Waals surface area contributed by atoms with E-state index >= 15 is 0 Å². The Labute approximate surface area is 119 Å². The van der Waals surface area contributed by atoms with E-state index in [-0.39, 0.29) is 6.42 Å². The number of amides is 1. The van der Waals surface area contributed by atoms with Crippen molar-refractivity contribution in [2.24, 2.45) is 0 Å². The Morgan fingerprint density at radius 3 is 2.90 bits per heavy atom. The van der Waals surface area contributed by atoms with Crippen molar-refractivity contribution < 1.29 is 19.1 Å². The third-order valence-electron chi connectivity index (χ3n) is 2.74. The number of nitrogens with zero attached hydrogens (tertiary/aromatic N) is 1. The first-order valence-electron chi connectivity index (χ1n) is 5.98. The lowest BCUT2D eigenvalue weighted by Gasteiger charge is -2.07. The van der Waals surface area contributed by atoms with Gasteiger partial charge < -0.3 is 14.8 Å². The molecule has 6 nitrogen and oxygen atoms in total. The van der Waals surface area contributed by atoms with Crippen molar-refractivity contribution in [3.63, 3.8) is 0 Å². The summed E-state index contributed by atoms with van der Waals surface area (Å²) in [6.07, 6.45) is -0.00289. The highest BCUT2D eigenvalue weighted by Gasteiger charge is 2.18. The van der Waals surface area contributed by atoms with E-state index in [0.717, 1.165) is 5.56 Å². The normalized spacial score (nSPS) is 12.1. The first-order valence-corrected chi connectivity index (χ1v) is 6.92. The number of carboxylic acids is 1. The van der Waals surface area contributed by atoms with Crippen LogP contribution < -0.4 is 5.32 Å². The Hall–Kier alpha value is -2.15. The molecule has 0 bridgehead atoms. The molecule has 0 saturated carbocycles. The molecule has 0 aromatic carbocycles. The molecular formula is C13H14N2O4S. The summed E-state index contributed by atoms with van der Waals surface area (Å²) in [6.45, 7) is 3.14. The van der Waals surface area contributed by atoms with Crippen molar-refractivity contribution in [1.29, 1.82) is 0 Å². The van der Waals surface area contributed by atoms with Gasteiger partial charge in [0.15, 0.2) is 0 Å². The van der Waals surface area contributed by atoms with Gasteiger partial charge in [-0.1, -0.05) is 0 Å². The molecule has 0 aliphatic heterocycles. The number of oxazole rings is 1. The summed E-state index contributed by atoms with van der Waals surface area (Å²) in [5.74, 6) is -0.440. The maximum atomic E-state index is 11.7. The molecule has 20 heavy (non-hydrogen) atoms. The minimum absolute atomic E-state index is 0.00289. The van der Waals surface area contributed by atoms with Gasteiger partial charge in [0.05, 0.1) is 12.1 Å². The molecule has 1 amide bonds. The number of hydrogen-bond acceptors (Lipinski definition) is 5. The summed E-state index contributed by atoms with van der Waals surface area (Å²) < 4.78 is 5.51. The predicted octanol–water partition coefficient (Wildman–Crippen LogP) is 1.84. The number of thiophene rings is 1. The topological polar surface area (TPSA) is 92.4 Å². The summed E-state index contributed by atoms with van der Waals surface area (Å²) in [5.41, 5.74) is 1.38. The third kappa shape index (κ3) is 3.24. The van der Waals surface area contributed by atoms with Gasteiger partial charge in [0, 0.05) is 10.9 Å². The summed E-state index contributed by atoms with van der Waals surface area (Å²) in [4.78, 5) is 26.7. The van der Waals surface area contributed by atoms with Crippen molar-refractivity contribution in [2.75, 3.05) is 0 Å². The monoisotopic (exact) mass is 294 g/mol. The fourth-order valence-corrected chi connectivity index (χ4v) is 2.24. The predicted molar refractivity (Wildman–Crippen MR) is 73.5 cm³/mol. The van der Waals surface area contributed by atoms with Crippen molar-refractivity contribution in [1.82, 2.24) is 10.3 Å². The molecule has 2 aromatic rings. The molecule has 2 rings (SSSR count). The highest BCUT2D eigenvalue weighted by Crippen LogP contribution is 2.23. The van der Waals surface area contributed by atoms with Gasteiger partial charge in [0.1, 0.15) is 11.8 Å². The Bertz CT molecular complexity index is 618. The molecule has 0 aliphatic carbocycles. The molecule has 2 heterocycles. The maximum Gasteiger partial charge on any atom is 0.325 e. The fraction of sp³-hybridized carbons (Fsp3) is 0.308. The van der Waals surface area contributed by atoms with E-state index in [1.807, 2.05) is 16.8 Å². The fourth-order valence-electron chi connectivity index (χ4n) is 1.61. The summed E-state index contributed by atoms with van der Waals surface area (Å²) >= 11 is 1.53. The third-order valence-corrected chi connectivity index (χ3v) is 3.42. The van der Waals surface area contributed by atoms with Crippen LogP contribution in [0.1, 0.15) is 18.4 Å². The molecule has 2 N–H and O–H groups in total. The number of rotatable bonds is 5. The number of hydrogen-bond donors (Lipinski definition) is 2. The van der Waals surface area contributed by atoms with Gasteiger partial charge >= 0.3 is 5.97 Å². The number of carbonyl (C=O) groups is 2. The Balaban J connectivity index is 2.07. The van der Waals surface area contributed by atoms with Gasteiger partial charge in [-0.15, -0.1) is 0 Å². The van der Waals surface area contributed by atoms with Crippen molar-refractivity contribution in [3.8, 4) is 11.5 Å². The standard InChI is InChI=1S/C13H14N2O4S/c1-7(13(17)18)14-11(16)5-10-8(2)19-12(15-10)9-3-4-20-6-9/h3-4,6-7H,5H2,1-2H3,(H,14,16)(H,17,18). The van der Waals surface area contributed by atoms with Crippen molar-refractivity contribution in [2.45, 2.75) is 26.3 Å². The van der Waals surface area contributed by atoms with Crippen LogP contribution in [0.3, 0.4) is 0 Å². The SMILES string of the molecule is Cc1oc(-c2ccsc2)nc1CC(=O)NC(C)C(=O)O. The van der Waals surface area contributed by atoms with Gasteiger partial charge in [-0.2, -0.15) is 11.3 Å². The molecule has 7 heteroatoms. The van der Waals surface area contributed by atoms with E-state index < -0.39 is 17.9 Å². The number of aryl methyl sites for hydroxylation is 1. The Kier molecular flexibility index (Phi) is 4.19. The molecule has 1 unspecified atom stereocenters. The number of carbonyl (C=O) groups excluding carboxylic acids is 1. The zero-order valence-corrected chi connectivity index (χ0v) is 11.9. The summed E-state index contributed by atoms with van der Waals surface area (Å²) in [7, 11) is 0. The number of aliphatic carboxylic acids is 1. The highest BCUT2D eigenvalue weighted by molar-refractivity contribution is 7.08. The zero-order valence-electron chi connectivity index (χ0n) is 11.0. The van der Waals surface area contributed by atoms with Crippen LogP contribution in [0.5, 0.6) is 0 Å². The van der Waals surface area contributed by atoms with E-state index in [2.05, 4.69) is 10.3 Å². The molecule has 106 valence electrons. The molecule has 0 spiro atoms. The highest BCUT2D eigenvalue weighted by atomic mass is 32.1. The molecular weight excluding hydrogens is 280 g/mol. The van der Waals surface area contributed by atoms with E-state index in [9.17, 15) is 9.59 Å². The van der Waals surface area contributed by atoms with Gasteiger partial charge in [-0.3, -0.25) is 9.59 Å². The molecule has 1 atom stereocenters. The first kappa shape index (κ1) is 14.3. The Morgan fingerprint density at radius 2 is 2.30 bits per heavy atom. The number of aromatic nitrogens is 1. The minimum atomic E-state index is -1.07. The van der Waals surface area contributed by atoms with E-state index in [0.29, 0.717) is 17.3 Å². The molecule has 0 fully saturated rings. The summed E-state index contributed by atoms with van der Waals surface area (Å²) in [5, 5.41) is 14.9. The van der Waals surface area contributed by atoms with Gasteiger partial charge in [-0.25, -0.2) is 4.98 Å². The van der Waals surface area contributed by atoms with E-state index in [1.165, 1.54) is 18.3 Å². The lowest BCUT2D eigenvalue weighted by Crippen LogP contribution is -2.39. The second-order valence-electron chi connectivity index (χ2n) is 4.34. The molecule has 2 aromatic heterocycles. The summed E-state index contributed by atoms with van der Waals surface area (Å²) in [6, 6.07) is 0.956. The van der Waals surface area contributed by atoms with Crippen LogP contribution in [-0.2, 0) is 16.0 Å². The molecule has 0 radical (unpaired) electrons. The first-order chi connectivity index (χ1) is 9.47. The van der Waals surface area contributed by atoms with E-state index in [1.54, 1.807) is 6.92 Å². The average molecular weight is 294 g/mol. The van der Waals surface area contributed by atoms with Crippen molar-refractivity contribution >= 4 is 23.2 Å². The van der Waals surface area contributed by atoms with Gasteiger partial charge in [0.25, 0.3) is 0 Å². The van der Waals surface area contributed by atoms with Gasteiger partial charge in [0.2, 0.25) is 11.8 Å². The minimum Gasteiger partial charge on any atom is -0.480 e. The van der Waals surface area contributed by atoms with Crippen LogP contribution in [0.2, 0.25) is 0 Å². The Morgan fingerprint density at radius 1 is 1.55 bits per heavy atom. The van der Waals surface area contributed by atoms with E-state index in [4.69, 9.17) is 9.52 Å².